The Kier molecular flexibility index (Phi) is 2.85. The van der Waals surface area contributed by atoms with Crippen LogP contribution in [0, 0.1) is 5.92 Å². The van der Waals surface area contributed by atoms with Crippen molar-refractivity contribution in [2.24, 2.45) is 11.7 Å². The van der Waals surface area contributed by atoms with Gasteiger partial charge in [0.05, 0.1) is 5.56 Å². The zero-order chi connectivity index (χ0) is 12.6. The molecule has 0 aliphatic heterocycles. The van der Waals surface area contributed by atoms with Gasteiger partial charge < -0.3 is 15.9 Å². The molecule has 3 atom stereocenters. The van der Waals surface area contributed by atoms with Gasteiger partial charge in [0.2, 0.25) is 0 Å². The number of carboxylic acids is 2. The summed E-state index contributed by atoms with van der Waals surface area (Å²) < 4.78 is 0. The summed E-state index contributed by atoms with van der Waals surface area (Å²) in [5.41, 5.74) is 6.44. The lowest BCUT2D eigenvalue weighted by atomic mass is 10.0. The van der Waals surface area contributed by atoms with Crippen molar-refractivity contribution in [1.29, 1.82) is 0 Å². The van der Waals surface area contributed by atoms with Crippen molar-refractivity contribution in [3.8, 4) is 0 Å². The van der Waals surface area contributed by atoms with Gasteiger partial charge in [-0.3, -0.25) is 4.79 Å². The zero-order valence-corrected chi connectivity index (χ0v) is 9.04. The number of nitrogens with two attached hydrogens (primary N) is 1. The van der Waals surface area contributed by atoms with Gasteiger partial charge in [0, 0.05) is 0 Å². The topological polar surface area (TPSA) is 101 Å². The third kappa shape index (κ3) is 2.14. The maximum atomic E-state index is 11.0. The Balaban J connectivity index is 2.21. The molecule has 0 amide bonds. The molecule has 4 N–H and O–H groups in total. The van der Waals surface area contributed by atoms with Gasteiger partial charge in [-0.25, -0.2) is 4.79 Å². The molecule has 5 nitrogen and oxygen atoms in total. The molecule has 0 heterocycles. The minimum absolute atomic E-state index is 0.0478. The molecular formula is C12H13NO4. The van der Waals surface area contributed by atoms with Crippen LogP contribution in [0.15, 0.2) is 24.3 Å². The fourth-order valence-electron chi connectivity index (χ4n) is 2.17. The second-order valence-electron chi connectivity index (χ2n) is 4.26. The average Bonchev–Trinajstić information content (AvgIpc) is 3.07. The Labute approximate surface area is 97.9 Å². The van der Waals surface area contributed by atoms with Crippen LogP contribution < -0.4 is 5.73 Å². The SMILES string of the molecule is N[C@H](C(=O)O)[C@H]1CC1c1ccccc1C(=O)O. The van der Waals surface area contributed by atoms with Crippen molar-refractivity contribution in [3.05, 3.63) is 35.4 Å². The Morgan fingerprint density at radius 1 is 1.29 bits per heavy atom. The van der Waals surface area contributed by atoms with Crippen LogP contribution >= 0.6 is 0 Å². The Morgan fingerprint density at radius 3 is 2.53 bits per heavy atom. The van der Waals surface area contributed by atoms with Crippen LogP contribution in [0.25, 0.3) is 0 Å². The van der Waals surface area contributed by atoms with E-state index in [1.807, 2.05) is 0 Å². The monoisotopic (exact) mass is 235 g/mol. The maximum Gasteiger partial charge on any atom is 0.335 e. The van der Waals surface area contributed by atoms with E-state index in [-0.39, 0.29) is 17.4 Å². The first-order valence-corrected chi connectivity index (χ1v) is 5.33. The van der Waals surface area contributed by atoms with Gasteiger partial charge in [0.1, 0.15) is 6.04 Å². The highest BCUT2D eigenvalue weighted by molar-refractivity contribution is 5.90. The number of rotatable bonds is 4. The molecule has 2 rings (SSSR count). The molecule has 0 saturated heterocycles. The van der Waals surface area contributed by atoms with Gasteiger partial charge in [0.25, 0.3) is 0 Å². The average molecular weight is 235 g/mol. The van der Waals surface area contributed by atoms with E-state index < -0.39 is 18.0 Å². The number of aliphatic carboxylic acids is 1. The molecule has 1 saturated carbocycles. The summed E-state index contributed by atoms with van der Waals surface area (Å²) in [6.07, 6.45) is 0.637. The number of aromatic carboxylic acids is 1. The number of hydrogen-bond acceptors (Lipinski definition) is 3. The second-order valence-corrected chi connectivity index (χ2v) is 4.26. The minimum atomic E-state index is -1.04. The second kappa shape index (κ2) is 4.18. The highest BCUT2D eigenvalue weighted by atomic mass is 16.4. The van der Waals surface area contributed by atoms with E-state index in [9.17, 15) is 9.59 Å². The number of carbonyl (C=O) groups is 2. The molecule has 1 aliphatic rings. The maximum absolute atomic E-state index is 11.0. The van der Waals surface area contributed by atoms with E-state index in [0.29, 0.717) is 12.0 Å². The molecule has 1 aromatic carbocycles. The van der Waals surface area contributed by atoms with Crippen LogP contribution in [0.4, 0.5) is 0 Å². The minimum Gasteiger partial charge on any atom is -0.480 e. The summed E-state index contributed by atoms with van der Waals surface area (Å²) in [5.74, 6) is -2.23. The lowest BCUT2D eigenvalue weighted by Crippen LogP contribution is -2.32. The largest absolute Gasteiger partial charge is 0.480 e. The first-order valence-electron chi connectivity index (χ1n) is 5.33. The van der Waals surface area contributed by atoms with E-state index >= 15 is 0 Å². The molecule has 1 aliphatic carbocycles. The molecule has 90 valence electrons. The highest BCUT2D eigenvalue weighted by Crippen LogP contribution is 2.50. The molecule has 1 unspecified atom stereocenters. The van der Waals surface area contributed by atoms with Gasteiger partial charge >= 0.3 is 11.9 Å². The predicted octanol–water partition coefficient (Wildman–Crippen LogP) is 0.900. The Bertz CT molecular complexity index is 471. The molecule has 0 radical (unpaired) electrons. The molecular weight excluding hydrogens is 222 g/mol. The third-order valence-corrected chi connectivity index (χ3v) is 3.18. The van der Waals surface area contributed by atoms with Crippen molar-refractivity contribution < 1.29 is 19.8 Å². The number of carboxylic acid groups (broad SMARTS) is 2. The van der Waals surface area contributed by atoms with Gasteiger partial charge in [0.15, 0.2) is 0 Å². The fraction of sp³-hybridized carbons (Fsp3) is 0.333. The molecule has 5 heteroatoms. The van der Waals surface area contributed by atoms with Crippen LogP contribution in [-0.4, -0.2) is 28.2 Å². The van der Waals surface area contributed by atoms with Crippen molar-refractivity contribution in [1.82, 2.24) is 0 Å². The fourth-order valence-corrected chi connectivity index (χ4v) is 2.17. The summed E-state index contributed by atoms with van der Waals surface area (Å²) in [7, 11) is 0. The van der Waals surface area contributed by atoms with Crippen molar-refractivity contribution >= 4 is 11.9 Å². The van der Waals surface area contributed by atoms with Crippen molar-refractivity contribution in [2.45, 2.75) is 18.4 Å². The Hall–Kier alpha value is -1.88. The molecule has 0 bridgehead atoms. The number of hydrogen-bond donors (Lipinski definition) is 3. The normalized spacial score (nSPS) is 24.1. The molecule has 17 heavy (non-hydrogen) atoms. The van der Waals surface area contributed by atoms with Gasteiger partial charge in [-0.1, -0.05) is 18.2 Å². The third-order valence-electron chi connectivity index (χ3n) is 3.18. The number of benzene rings is 1. The Morgan fingerprint density at radius 2 is 1.94 bits per heavy atom. The van der Waals surface area contributed by atoms with E-state index in [1.54, 1.807) is 18.2 Å². The molecule has 0 aromatic heterocycles. The van der Waals surface area contributed by atoms with Crippen LogP contribution in [0.3, 0.4) is 0 Å². The van der Waals surface area contributed by atoms with Crippen LogP contribution in [0.1, 0.15) is 28.3 Å². The summed E-state index contributed by atoms with van der Waals surface area (Å²) in [6.45, 7) is 0. The molecule has 1 fully saturated rings. The first-order chi connectivity index (χ1) is 8.02. The van der Waals surface area contributed by atoms with Crippen molar-refractivity contribution in [2.75, 3.05) is 0 Å². The standard InChI is InChI=1S/C12H13NO4/c13-10(12(16)17)9-5-8(9)6-3-1-2-4-7(6)11(14)15/h1-4,8-10H,5,13H2,(H,14,15)(H,16,17)/t8?,9-,10-/m0/s1. The summed E-state index contributed by atoms with van der Waals surface area (Å²) in [6, 6.07) is 5.74. The summed E-state index contributed by atoms with van der Waals surface area (Å²) in [5, 5.41) is 17.8. The molecule has 1 aromatic rings. The van der Waals surface area contributed by atoms with Gasteiger partial charge in [-0.15, -0.1) is 0 Å². The van der Waals surface area contributed by atoms with Crippen molar-refractivity contribution in [3.63, 3.8) is 0 Å². The van der Waals surface area contributed by atoms with Gasteiger partial charge in [-0.2, -0.15) is 0 Å². The van der Waals surface area contributed by atoms with E-state index in [1.165, 1.54) is 6.07 Å². The van der Waals surface area contributed by atoms with Gasteiger partial charge in [-0.05, 0) is 29.9 Å². The lowest BCUT2D eigenvalue weighted by Gasteiger charge is -2.07. The van der Waals surface area contributed by atoms with E-state index in [4.69, 9.17) is 15.9 Å². The summed E-state index contributed by atoms with van der Waals surface area (Å²) in [4.78, 5) is 21.8. The smallest absolute Gasteiger partial charge is 0.335 e. The zero-order valence-electron chi connectivity index (χ0n) is 9.04. The summed E-state index contributed by atoms with van der Waals surface area (Å²) >= 11 is 0. The van der Waals surface area contributed by atoms with Crippen LogP contribution in [0.2, 0.25) is 0 Å². The van der Waals surface area contributed by atoms with E-state index in [0.717, 1.165) is 0 Å². The lowest BCUT2D eigenvalue weighted by molar-refractivity contribution is -0.139. The van der Waals surface area contributed by atoms with Crippen LogP contribution in [-0.2, 0) is 4.79 Å². The highest BCUT2D eigenvalue weighted by Gasteiger charge is 2.46. The first kappa shape index (κ1) is 11.6. The molecule has 0 spiro atoms. The van der Waals surface area contributed by atoms with E-state index in [2.05, 4.69) is 0 Å². The quantitative estimate of drug-likeness (QED) is 0.719. The van der Waals surface area contributed by atoms with Crippen LogP contribution in [0.5, 0.6) is 0 Å². The predicted molar refractivity (Wildman–Crippen MR) is 59.9 cm³/mol.